The normalized spacial score (nSPS) is 31.0. The lowest BCUT2D eigenvalue weighted by atomic mass is 10.5. The lowest BCUT2D eigenvalue weighted by Gasteiger charge is -2.02. The van der Waals surface area contributed by atoms with Crippen LogP contribution in [0.2, 0.25) is 0 Å². The van der Waals surface area contributed by atoms with E-state index in [0.29, 0.717) is 4.58 Å². The first-order chi connectivity index (χ1) is 5.36. The summed E-state index contributed by atoms with van der Waals surface area (Å²) >= 11 is 3.97. The van der Waals surface area contributed by atoms with E-state index in [0.717, 1.165) is 11.0 Å². The molecule has 1 nitrogen and oxygen atoms in total. The number of furan rings is 1. The smallest absolute Gasteiger partial charge is 0.126 e. The van der Waals surface area contributed by atoms with Crippen molar-refractivity contribution in [2.45, 2.75) is 16.8 Å². The maximum atomic E-state index is 5.32. The molecule has 0 aromatic carbocycles. The predicted molar refractivity (Wildman–Crippen MR) is 51.0 cm³/mol. The van der Waals surface area contributed by atoms with Crippen molar-refractivity contribution < 1.29 is 4.42 Å². The molecule has 2 heterocycles. The van der Waals surface area contributed by atoms with Gasteiger partial charge in [-0.25, -0.2) is 0 Å². The Balaban J connectivity index is 2.08. The number of hydrogen-bond acceptors (Lipinski definition) is 3. The van der Waals surface area contributed by atoms with Crippen molar-refractivity contribution in [2.24, 2.45) is 0 Å². The third-order valence-corrected chi connectivity index (χ3v) is 4.90. The van der Waals surface area contributed by atoms with Crippen molar-refractivity contribution in [3.05, 3.63) is 24.2 Å². The van der Waals surface area contributed by atoms with Crippen LogP contribution in [0.3, 0.4) is 0 Å². The van der Waals surface area contributed by atoms with Crippen LogP contribution in [0.25, 0.3) is 0 Å². The zero-order valence-corrected chi connectivity index (χ0v) is 7.95. The third-order valence-electron chi connectivity index (χ3n) is 1.61. The molecule has 2 atom stereocenters. The van der Waals surface area contributed by atoms with E-state index >= 15 is 0 Å². The van der Waals surface area contributed by atoms with Crippen LogP contribution in [0.15, 0.2) is 22.8 Å². The Hall–Kier alpha value is -0.0200. The Morgan fingerprint density at radius 1 is 1.64 bits per heavy atom. The molecular formula is C8H10OS2. The Morgan fingerprint density at radius 3 is 3.09 bits per heavy atom. The van der Waals surface area contributed by atoms with Gasteiger partial charge in [-0.2, -0.15) is 0 Å². The van der Waals surface area contributed by atoms with Gasteiger partial charge in [-0.1, -0.05) is 6.92 Å². The van der Waals surface area contributed by atoms with Gasteiger partial charge in [0.05, 0.1) is 6.26 Å². The van der Waals surface area contributed by atoms with Crippen LogP contribution < -0.4 is 0 Å². The van der Waals surface area contributed by atoms with E-state index in [2.05, 4.69) is 13.0 Å². The van der Waals surface area contributed by atoms with Gasteiger partial charge in [0.2, 0.25) is 0 Å². The predicted octanol–water partition coefficient (Wildman–Crippen LogP) is 3.15. The van der Waals surface area contributed by atoms with Gasteiger partial charge in [0.15, 0.2) is 0 Å². The quantitative estimate of drug-likeness (QED) is 0.669. The largest absolute Gasteiger partial charge is 0.467 e. The SMILES string of the molecule is CC1CSC(c2ccco2)S1. The standard InChI is InChI=1S/C8H10OS2/c1-6-5-10-8(11-6)7-3-2-4-9-7/h2-4,6,8H,5H2,1H3. The summed E-state index contributed by atoms with van der Waals surface area (Å²) < 4.78 is 5.87. The Labute approximate surface area is 74.9 Å². The summed E-state index contributed by atoms with van der Waals surface area (Å²) in [5.41, 5.74) is 0. The van der Waals surface area contributed by atoms with Crippen molar-refractivity contribution in [3.8, 4) is 0 Å². The van der Waals surface area contributed by atoms with E-state index in [4.69, 9.17) is 4.42 Å². The van der Waals surface area contributed by atoms with Gasteiger partial charge in [0.25, 0.3) is 0 Å². The van der Waals surface area contributed by atoms with Crippen molar-refractivity contribution in [2.75, 3.05) is 5.75 Å². The summed E-state index contributed by atoms with van der Waals surface area (Å²) in [6.45, 7) is 2.26. The highest BCUT2D eigenvalue weighted by molar-refractivity contribution is 8.19. The van der Waals surface area contributed by atoms with E-state index in [9.17, 15) is 0 Å². The van der Waals surface area contributed by atoms with Crippen LogP contribution in [0, 0.1) is 0 Å². The van der Waals surface area contributed by atoms with E-state index in [1.807, 2.05) is 29.6 Å². The molecule has 0 spiro atoms. The second-order valence-electron chi connectivity index (χ2n) is 2.63. The molecule has 2 rings (SSSR count). The molecule has 60 valence electrons. The molecule has 0 N–H and O–H groups in total. The zero-order chi connectivity index (χ0) is 7.68. The second kappa shape index (κ2) is 3.15. The molecular weight excluding hydrogens is 176 g/mol. The molecule has 11 heavy (non-hydrogen) atoms. The molecule has 0 aliphatic carbocycles. The van der Waals surface area contributed by atoms with Gasteiger partial charge in [-0.15, -0.1) is 23.5 Å². The highest BCUT2D eigenvalue weighted by atomic mass is 32.2. The topological polar surface area (TPSA) is 13.1 Å². The Bertz CT molecular complexity index is 220. The summed E-state index contributed by atoms with van der Waals surface area (Å²) in [5.74, 6) is 2.36. The zero-order valence-electron chi connectivity index (χ0n) is 6.32. The van der Waals surface area contributed by atoms with Gasteiger partial charge in [0, 0.05) is 11.0 Å². The second-order valence-corrected chi connectivity index (χ2v) is 5.61. The maximum absolute atomic E-state index is 5.32. The van der Waals surface area contributed by atoms with E-state index in [1.54, 1.807) is 6.26 Å². The molecule has 0 radical (unpaired) electrons. The van der Waals surface area contributed by atoms with Crippen molar-refractivity contribution >= 4 is 23.5 Å². The van der Waals surface area contributed by atoms with Crippen molar-refractivity contribution in [3.63, 3.8) is 0 Å². The molecule has 1 fully saturated rings. The van der Waals surface area contributed by atoms with Crippen LogP contribution >= 0.6 is 23.5 Å². The molecule has 2 unspecified atom stereocenters. The van der Waals surface area contributed by atoms with Crippen LogP contribution in [0.5, 0.6) is 0 Å². The average molecular weight is 186 g/mol. The Morgan fingerprint density at radius 2 is 2.55 bits per heavy atom. The highest BCUT2D eigenvalue weighted by Crippen LogP contribution is 2.48. The molecule has 1 aliphatic heterocycles. The monoisotopic (exact) mass is 186 g/mol. The lowest BCUT2D eigenvalue weighted by Crippen LogP contribution is -1.89. The summed E-state index contributed by atoms with van der Waals surface area (Å²) in [4.78, 5) is 0. The molecule has 0 bridgehead atoms. The number of hydrogen-bond donors (Lipinski definition) is 0. The molecule has 1 aromatic heterocycles. The van der Waals surface area contributed by atoms with Crippen LogP contribution in [0.4, 0.5) is 0 Å². The summed E-state index contributed by atoms with van der Waals surface area (Å²) in [7, 11) is 0. The van der Waals surface area contributed by atoms with Gasteiger partial charge < -0.3 is 4.42 Å². The minimum absolute atomic E-state index is 0.542. The summed E-state index contributed by atoms with van der Waals surface area (Å²) in [6, 6.07) is 4.02. The van der Waals surface area contributed by atoms with Gasteiger partial charge in [-0.05, 0) is 12.1 Å². The first-order valence-electron chi connectivity index (χ1n) is 3.67. The molecule has 1 aromatic rings. The van der Waals surface area contributed by atoms with Gasteiger partial charge >= 0.3 is 0 Å². The van der Waals surface area contributed by atoms with Gasteiger partial charge in [-0.3, -0.25) is 0 Å². The molecule has 1 aliphatic rings. The molecule has 0 amide bonds. The van der Waals surface area contributed by atoms with Crippen LogP contribution in [0.1, 0.15) is 17.3 Å². The van der Waals surface area contributed by atoms with Crippen LogP contribution in [-0.2, 0) is 0 Å². The fourth-order valence-electron chi connectivity index (χ4n) is 1.09. The first-order valence-corrected chi connectivity index (χ1v) is 5.66. The molecule has 0 saturated carbocycles. The molecule has 3 heteroatoms. The first kappa shape index (κ1) is 7.62. The third kappa shape index (κ3) is 1.59. The number of rotatable bonds is 1. The fourth-order valence-corrected chi connectivity index (χ4v) is 4.19. The highest BCUT2D eigenvalue weighted by Gasteiger charge is 2.25. The van der Waals surface area contributed by atoms with Crippen LogP contribution in [-0.4, -0.2) is 11.0 Å². The number of thioether (sulfide) groups is 2. The minimum Gasteiger partial charge on any atom is -0.467 e. The fraction of sp³-hybridized carbons (Fsp3) is 0.500. The Kier molecular flexibility index (Phi) is 2.18. The van der Waals surface area contributed by atoms with Crippen molar-refractivity contribution in [1.29, 1.82) is 0 Å². The average Bonchev–Trinajstić information content (AvgIpc) is 2.55. The summed E-state index contributed by atoms with van der Waals surface area (Å²) in [6.07, 6.45) is 1.75. The minimum atomic E-state index is 0.542. The van der Waals surface area contributed by atoms with E-state index < -0.39 is 0 Å². The van der Waals surface area contributed by atoms with Crippen molar-refractivity contribution in [1.82, 2.24) is 0 Å². The summed E-state index contributed by atoms with van der Waals surface area (Å²) in [5, 5.41) is 0.773. The lowest BCUT2D eigenvalue weighted by molar-refractivity contribution is 0.529. The van der Waals surface area contributed by atoms with E-state index in [-0.39, 0.29) is 0 Å². The molecule has 1 saturated heterocycles. The maximum Gasteiger partial charge on any atom is 0.126 e. The van der Waals surface area contributed by atoms with Gasteiger partial charge in [0.1, 0.15) is 10.3 Å². The van der Waals surface area contributed by atoms with E-state index in [1.165, 1.54) is 5.75 Å².